The Morgan fingerprint density at radius 2 is 1.47 bits per heavy atom. The van der Waals surface area contributed by atoms with Crippen molar-refractivity contribution in [2.24, 2.45) is 23.2 Å². The van der Waals surface area contributed by atoms with Crippen LogP contribution in [0.25, 0.3) is 0 Å². The number of alkyl halides is 7. The summed E-state index contributed by atoms with van der Waals surface area (Å²) >= 11 is 0. The van der Waals surface area contributed by atoms with Crippen LogP contribution in [0.2, 0.25) is 0 Å². The van der Waals surface area contributed by atoms with Crippen molar-refractivity contribution in [3.63, 3.8) is 0 Å². The maximum absolute atomic E-state index is 14.3. The molecule has 4 aliphatic carbocycles. The molecule has 4 fully saturated rings. The number of carbonyl (C=O) groups is 2. The van der Waals surface area contributed by atoms with Gasteiger partial charge in [-0.15, -0.1) is 0 Å². The van der Waals surface area contributed by atoms with Crippen molar-refractivity contribution in [1.82, 2.24) is 0 Å². The SMILES string of the molecule is C=CCOC(=O)C(OCCCC(F)(F)C(F)(F)S(=O)(=O)O)(OC(=O)C12CC3CC(CC(C3)C1)C2)C(F)(F)F. The van der Waals surface area contributed by atoms with Crippen LogP contribution in [0.1, 0.15) is 51.4 Å². The summed E-state index contributed by atoms with van der Waals surface area (Å²) in [5, 5.41) is -5.95. The Morgan fingerprint density at radius 3 is 1.89 bits per heavy atom. The van der Waals surface area contributed by atoms with Crippen LogP contribution in [0.15, 0.2) is 12.7 Å². The van der Waals surface area contributed by atoms with E-state index in [1.54, 1.807) is 0 Å². The van der Waals surface area contributed by atoms with E-state index in [4.69, 9.17) is 9.29 Å². The molecule has 8 nitrogen and oxygen atoms in total. The molecular formula is C22H27F7O8S. The first-order valence-electron chi connectivity index (χ1n) is 11.7. The average Bonchev–Trinajstić information content (AvgIpc) is 2.76. The van der Waals surface area contributed by atoms with Crippen molar-refractivity contribution >= 4 is 22.1 Å². The molecular weight excluding hydrogens is 557 g/mol. The van der Waals surface area contributed by atoms with E-state index in [9.17, 15) is 48.7 Å². The number of hydrogen-bond donors (Lipinski definition) is 1. The minimum absolute atomic E-state index is 0.0921. The molecule has 38 heavy (non-hydrogen) atoms. The number of ether oxygens (including phenoxy) is 3. The number of carbonyl (C=O) groups excluding carboxylic acids is 2. The highest BCUT2D eigenvalue weighted by Crippen LogP contribution is 2.61. The molecule has 1 unspecified atom stereocenters. The molecule has 4 aliphatic rings. The smallest absolute Gasteiger partial charge is 0.456 e. The Bertz CT molecular complexity index is 1010. The number of rotatable bonds is 12. The molecule has 0 aromatic carbocycles. The van der Waals surface area contributed by atoms with Gasteiger partial charge in [-0.3, -0.25) is 9.35 Å². The van der Waals surface area contributed by atoms with Gasteiger partial charge in [-0.2, -0.15) is 39.2 Å². The van der Waals surface area contributed by atoms with E-state index < -0.39 is 76.7 Å². The molecule has 16 heteroatoms. The van der Waals surface area contributed by atoms with Crippen molar-refractivity contribution in [3.05, 3.63) is 12.7 Å². The summed E-state index contributed by atoms with van der Waals surface area (Å²) in [5.41, 5.74) is -1.31. The lowest BCUT2D eigenvalue weighted by atomic mass is 9.49. The maximum Gasteiger partial charge on any atom is 0.468 e. The zero-order chi connectivity index (χ0) is 28.8. The molecule has 0 aromatic rings. The van der Waals surface area contributed by atoms with Gasteiger partial charge in [0, 0.05) is 6.42 Å². The van der Waals surface area contributed by atoms with Gasteiger partial charge in [-0.05, 0) is 62.7 Å². The summed E-state index contributed by atoms with van der Waals surface area (Å²) < 4.78 is 140. The molecule has 0 saturated heterocycles. The summed E-state index contributed by atoms with van der Waals surface area (Å²) in [6.07, 6.45) is -5.15. The lowest BCUT2D eigenvalue weighted by Crippen LogP contribution is -2.61. The molecule has 0 spiro atoms. The van der Waals surface area contributed by atoms with Crippen LogP contribution < -0.4 is 0 Å². The minimum atomic E-state index is -6.57. The first-order valence-corrected chi connectivity index (χ1v) is 13.2. The third-order valence-corrected chi connectivity index (χ3v) is 8.32. The highest BCUT2D eigenvalue weighted by molar-refractivity contribution is 7.87. The average molecular weight is 585 g/mol. The van der Waals surface area contributed by atoms with Gasteiger partial charge in [-0.25, -0.2) is 4.79 Å². The van der Waals surface area contributed by atoms with E-state index in [2.05, 4.69) is 16.1 Å². The van der Waals surface area contributed by atoms with E-state index in [0.29, 0.717) is 0 Å². The fraction of sp³-hybridized carbons (Fsp3) is 0.818. The molecule has 0 aliphatic heterocycles. The normalized spacial score (nSPS) is 29.0. The summed E-state index contributed by atoms with van der Waals surface area (Å²) in [6, 6.07) is 0. The second-order valence-corrected chi connectivity index (χ2v) is 11.7. The zero-order valence-corrected chi connectivity index (χ0v) is 20.8. The monoisotopic (exact) mass is 584 g/mol. The van der Waals surface area contributed by atoms with Gasteiger partial charge in [0.1, 0.15) is 6.61 Å². The molecule has 0 aromatic heterocycles. The van der Waals surface area contributed by atoms with Gasteiger partial charge in [0.2, 0.25) is 0 Å². The fourth-order valence-corrected chi connectivity index (χ4v) is 6.54. The van der Waals surface area contributed by atoms with Crippen LogP contribution in [0, 0.1) is 23.2 Å². The van der Waals surface area contributed by atoms with E-state index >= 15 is 0 Å². The van der Waals surface area contributed by atoms with Crippen molar-refractivity contribution in [1.29, 1.82) is 0 Å². The Hall–Kier alpha value is -1.94. The second kappa shape index (κ2) is 10.2. The zero-order valence-electron chi connectivity index (χ0n) is 19.9. The quantitative estimate of drug-likeness (QED) is 0.0881. The standard InChI is InChI=1S/C22H27F7O8S/c1-2-5-35-17(31)20(21(25,26)27,36-6-3-4-19(23,24)22(28,29)38(32,33)34)37-16(30)18-10-13-7-14(11-18)9-15(8-13)12-18/h2,13-15H,1,3-12H2,(H,32,33,34). The van der Waals surface area contributed by atoms with Gasteiger partial charge in [-0.1, -0.05) is 12.7 Å². The van der Waals surface area contributed by atoms with Gasteiger partial charge in [0.15, 0.2) is 0 Å². The van der Waals surface area contributed by atoms with Crippen LogP contribution in [0.3, 0.4) is 0 Å². The van der Waals surface area contributed by atoms with Crippen molar-refractivity contribution in [3.8, 4) is 0 Å². The topological polar surface area (TPSA) is 116 Å². The second-order valence-electron chi connectivity index (χ2n) is 10.2. The fourth-order valence-electron chi connectivity index (χ4n) is 6.06. The molecule has 4 bridgehead atoms. The summed E-state index contributed by atoms with van der Waals surface area (Å²) in [7, 11) is -6.57. The summed E-state index contributed by atoms with van der Waals surface area (Å²) in [4.78, 5) is 25.8. The number of halogens is 7. The third kappa shape index (κ3) is 5.53. The van der Waals surface area contributed by atoms with Gasteiger partial charge in [0.05, 0.1) is 12.0 Å². The van der Waals surface area contributed by atoms with E-state index in [1.165, 1.54) is 0 Å². The van der Waals surface area contributed by atoms with E-state index in [-0.39, 0.29) is 37.0 Å². The van der Waals surface area contributed by atoms with E-state index in [1.807, 2.05) is 0 Å². The lowest BCUT2D eigenvalue weighted by molar-refractivity contribution is -0.359. The number of esters is 2. The van der Waals surface area contributed by atoms with Gasteiger partial charge >= 0.3 is 45.2 Å². The highest BCUT2D eigenvalue weighted by atomic mass is 32.2. The first kappa shape index (κ1) is 30.6. The maximum atomic E-state index is 14.3. The minimum Gasteiger partial charge on any atom is -0.456 e. The van der Waals surface area contributed by atoms with Crippen LogP contribution in [0.4, 0.5) is 30.7 Å². The van der Waals surface area contributed by atoms with Crippen LogP contribution in [0.5, 0.6) is 0 Å². The first-order chi connectivity index (χ1) is 17.3. The Kier molecular flexibility index (Phi) is 8.24. The van der Waals surface area contributed by atoms with Gasteiger partial charge in [0.25, 0.3) is 0 Å². The Labute approximate surface area is 213 Å². The molecule has 4 rings (SSSR count). The summed E-state index contributed by atoms with van der Waals surface area (Å²) in [5.74, 6) is -13.1. The van der Waals surface area contributed by atoms with E-state index in [0.717, 1.165) is 25.3 Å². The Balaban J connectivity index is 1.83. The van der Waals surface area contributed by atoms with Crippen molar-refractivity contribution in [2.75, 3.05) is 13.2 Å². The molecule has 1 N–H and O–H groups in total. The van der Waals surface area contributed by atoms with Crippen molar-refractivity contribution < 1.29 is 67.5 Å². The molecule has 0 heterocycles. The third-order valence-electron chi connectivity index (χ3n) is 7.37. The molecule has 0 radical (unpaired) electrons. The highest BCUT2D eigenvalue weighted by Gasteiger charge is 2.70. The predicted octanol–water partition coefficient (Wildman–Crippen LogP) is 4.65. The molecule has 218 valence electrons. The van der Waals surface area contributed by atoms with Crippen molar-refractivity contribution in [2.45, 2.75) is 74.5 Å². The van der Waals surface area contributed by atoms with Crippen LogP contribution >= 0.6 is 0 Å². The largest absolute Gasteiger partial charge is 0.468 e. The molecule has 1 atom stereocenters. The van der Waals surface area contributed by atoms with Crippen LogP contribution in [-0.4, -0.2) is 61.3 Å². The number of hydrogen-bond acceptors (Lipinski definition) is 7. The molecule has 0 amide bonds. The van der Waals surface area contributed by atoms with Crippen LogP contribution in [-0.2, 0) is 33.9 Å². The van der Waals surface area contributed by atoms with Gasteiger partial charge < -0.3 is 14.2 Å². The summed E-state index contributed by atoms with van der Waals surface area (Å²) in [6.45, 7) is 0.903. The predicted molar refractivity (Wildman–Crippen MR) is 113 cm³/mol. The Morgan fingerprint density at radius 1 is 0.974 bits per heavy atom. The lowest BCUT2D eigenvalue weighted by Gasteiger charge is -2.55. The molecule has 4 saturated carbocycles.